The fraction of sp³-hybridized carbons (Fsp3) is 0.444. The summed E-state index contributed by atoms with van der Waals surface area (Å²) < 4.78 is 12.7. The molecule has 0 aliphatic carbocycles. The van der Waals surface area contributed by atoms with Crippen molar-refractivity contribution in [1.29, 1.82) is 0 Å². The molecule has 1 aliphatic rings. The number of amides is 1. The highest BCUT2D eigenvalue weighted by Gasteiger charge is 2.25. The minimum Gasteiger partial charge on any atom is -0.496 e. The number of hydrogen-bond acceptors (Lipinski definition) is 5. The monoisotopic (exact) mass is 396 g/mol. The van der Waals surface area contributed by atoms with Gasteiger partial charge in [-0.1, -0.05) is 36.3 Å². The summed E-state index contributed by atoms with van der Waals surface area (Å²) >= 11 is 7.35. The molecule has 2 heterocycles. The lowest BCUT2D eigenvalue weighted by Crippen LogP contribution is -2.22. The van der Waals surface area contributed by atoms with E-state index in [0.29, 0.717) is 27.7 Å². The third-order valence-corrected chi connectivity index (χ3v) is 5.64. The Morgan fingerprint density at radius 1 is 1.54 bits per heavy atom. The molecule has 26 heavy (non-hydrogen) atoms. The smallest absolute Gasteiger partial charge is 0.283 e. The number of carbonyl (C=O) groups is 1. The summed E-state index contributed by atoms with van der Waals surface area (Å²) in [5.74, 6) is -0.00320. The molecule has 0 fully saturated rings. The van der Waals surface area contributed by atoms with Crippen LogP contribution in [0.15, 0.2) is 23.2 Å². The van der Waals surface area contributed by atoms with Crippen LogP contribution in [0, 0.1) is 0 Å². The van der Waals surface area contributed by atoms with Gasteiger partial charge in [-0.15, -0.1) is 0 Å². The second-order valence-corrected chi connectivity index (χ2v) is 7.44. The summed E-state index contributed by atoms with van der Waals surface area (Å²) in [5, 5.41) is 10.6. The molecular formula is C18H21ClN2O4S. The molecule has 140 valence electrons. The highest BCUT2D eigenvalue weighted by atomic mass is 35.5. The molecule has 0 saturated heterocycles. The number of thiazole rings is 1. The molecule has 0 saturated carbocycles. The van der Waals surface area contributed by atoms with E-state index in [4.69, 9.17) is 21.1 Å². The van der Waals surface area contributed by atoms with Crippen LogP contribution in [0.1, 0.15) is 46.8 Å². The van der Waals surface area contributed by atoms with Crippen LogP contribution in [-0.2, 0) is 17.9 Å². The van der Waals surface area contributed by atoms with Crippen molar-refractivity contribution >= 4 is 28.8 Å². The maximum Gasteiger partial charge on any atom is 0.283 e. The first kappa shape index (κ1) is 19.1. The van der Waals surface area contributed by atoms with Crippen LogP contribution in [0.2, 0.25) is 5.02 Å². The quantitative estimate of drug-likeness (QED) is 0.841. The summed E-state index contributed by atoms with van der Waals surface area (Å²) in [5.41, 5.74) is 1.21. The molecule has 1 atom stereocenters. The van der Waals surface area contributed by atoms with E-state index < -0.39 is 12.0 Å². The van der Waals surface area contributed by atoms with Gasteiger partial charge in [0.2, 0.25) is 0 Å². The number of hydrogen-bond donors (Lipinski definition) is 1. The Labute approximate surface area is 160 Å². The van der Waals surface area contributed by atoms with Gasteiger partial charge in [0.05, 0.1) is 36.5 Å². The van der Waals surface area contributed by atoms with Gasteiger partial charge in [-0.3, -0.25) is 4.79 Å². The molecule has 1 aromatic carbocycles. The van der Waals surface area contributed by atoms with Crippen LogP contribution in [0.5, 0.6) is 5.75 Å². The Kier molecular flexibility index (Phi) is 6.13. The van der Waals surface area contributed by atoms with Gasteiger partial charge in [-0.2, -0.15) is 4.99 Å². The van der Waals surface area contributed by atoms with Crippen LogP contribution in [0.3, 0.4) is 0 Å². The third kappa shape index (κ3) is 3.86. The fourth-order valence-electron chi connectivity index (χ4n) is 2.84. The zero-order valence-electron chi connectivity index (χ0n) is 14.7. The molecule has 1 unspecified atom stereocenters. The van der Waals surface area contributed by atoms with Crippen LogP contribution < -0.4 is 9.54 Å². The summed E-state index contributed by atoms with van der Waals surface area (Å²) in [6, 6.07) is 4.86. The largest absolute Gasteiger partial charge is 0.496 e. The van der Waals surface area contributed by atoms with Crippen molar-refractivity contribution in [2.24, 2.45) is 4.99 Å². The Morgan fingerprint density at radius 2 is 2.35 bits per heavy atom. The lowest BCUT2D eigenvalue weighted by Gasteiger charge is -2.19. The van der Waals surface area contributed by atoms with Crippen LogP contribution in [-0.4, -0.2) is 29.3 Å². The zero-order chi connectivity index (χ0) is 18.7. The summed E-state index contributed by atoms with van der Waals surface area (Å²) in [6.07, 6.45) is 1.27. The molecule has 3 rings (SSSR count). The fourth-order valence-corrected chi connectivity index (χ4v) is 4.14. The Hall–Kier alpha value is -1.67. The molecule has 2 aromatic rings. The first-order valence-electron chi connectivity index (χ1n) is 8.46. The van der Waals surface area contributed by atoms with Gasteiger partial charge in [0.25, 0.3) is 5.91 Å². The zero-order valence-corrected chi connectivity index (χ0v) is 16.3. The Balaban J connectivity index is 2.07. The lowest BCUT2D eigenvalue weighted by molar-refractivity contribution is 0.00853. The first-order valence-corrected chi connectivity index (χ1v) is 9.65. The van der Waals surface area contributed by atoms with Crippen molar-refractivity contribution < 1.29 is 19.4 Å². The van der Waals surface area contributed by atoms with Crippen molar-refractivity contribution in [2.75, 3.05) is 13.7 Å². The molecule has 6 nitrogen and oxygen atoms in total. The van der Waals surface area contributed by atoms with E-state index in [0.717, 1.165) is 30.0 Å². The van der Waals surface area contributed by atoms with Gasteiger partial charge in [0.1, 0.15) is 11.9 Å². The lowest BCUT2D eigenvalue weighted by atomic mass is 10.2. The number of fused-ring (bicyclic) bond motifs is 1. The number of unbranched alkanes of at least 4 members (excludes halogenated alkanes) is 1. The van der Waals surface area contributed by atoms with E-state index in [-0.39, 0.29) is 6.61 Å². The van der Waals surface area contributed by atoms with Gasteiger partial charge in [-0.05, 0) is 24.6 Å². The van der Waals surface area contributed by atoms with E-state index in [1.165, 1.54) is 18.4 Å². The van der Waals surface area contributed by atoms with Gasteiger partial charge in [0.15, 0.2) is 4.80 Å². The number of methoxy groups -OCH3 is 1. The number of ether oxygens (including phenoxy) is 2. The predicted molar refractivity (Wildman–Crippen MR) is 99.7 cm³/mol. The molecule has 0 spiro atoms. The Morgan fingerprint density at radius 3 is 3.08 bits per heavy atom. The van der Waals surface area contributed by atoms with Crippen molar-refractivity contribution in [1.82, 2.24) is 4.57 Å². The number of nitrogens with zero attached hydrogens (tertiary/aromatic N) is 2. The van der Waals surface area contributed by atoms with Crippen LogP contribution in [0.25, 0.3) is 0 Å². The standard InChI is InChI=1S/C18H21ClN2O4S/c1-3-4-7-21-13-9-25-10-14(22)16(13)26-18(21)20-17(23)12-8-11(19)5-6-15(12)24-2/h5-6,8,14,22H,3-4,7,9-10H2,1-2H3/b20-18-. The maximum absolute atomic E-state index is 12.8. The second-order valence-electron chi connectivity index (χ2n) is 5.99. The highest BCUT2D eigenvalue weighted by Crippen LogP contribution is 2.28. The number of benzene rings is 1. The second kappa shape index (κ2) is 8.35. The van der Waals surface area contributed by atoms with E-state index in [9.17, 15) is 9.90 Å². The number of carbonyl (C=O) groups excluding carboxylic acids is 1. The van der Waals surface area contributed by atoms with Crippen molar-refractivity contribution in [3.8, 4) is 5.75 Å². The number of aromatic nitrogens is 1. The average molecular weight is 397 g/mol. The molecular weight excluding hydrogens is 376 g/mol. The summed E-state index contributed by atoms with van der Waals surface area (Å²) in [4.78, 5) is 18.4. The normalized spacial score (nSPS) is 17.2. The van der Waals surface area contributed by atoms with Gasteiger partial charge in [0, 0.05) is 11.6 Å². The van der Waals surface area contributed by atoms with Crippen molar-refractivity contribution in [3.63, 3.8) is 0 Å². The van der Waals surface area contributed by atoms with E-state index in [1.54, 1.807) is 18.2 Å². The minimum atomic E-state index is -0.684. The number of aliphatic hydroxyl groups excluding tert-OH is 1. The van der Waals surface area contributed by atoms with E-state index in [1.807, 2.05) is 4.57 Å². The number of halogens is 1. The first-order chi connectivity index (χ1) is 12.5. The Bertz CT molecular complexity index is 875. The van der Waals surface area contributed by atoms with Gasteiger partial charge >= 0.3 is 0 Å². The maximum atomic E-state index is 12.8. The van der Waals surface area contributed by atoms with Crippen LogP contribution in [0.4, 0.5) is 0 Å². The van der Waals surface area contributed by atoms with Gasteiger partial charge < -0.3 is 19.1 Å². The van der Waals surface area contributed by atoms with Crippen molar-refractivity contribution in [3.05, 3.63) is 44.2 Å². The highest BCUT2D eigenvalue weighted by molar-refractivity contribution is 7.09. The molecule has 1 amide bonds. The molecule has 8 heteroatoms. The molecule has 0 radical (unpaired) electrons. The minimum absolute atomic E-state index is 0.261. The van der Waals surface area contributed by atoms with E-state index >= 15 is 0 Å². The van der Waals surface area contributed by atoms with Crippen molar-refractivity contribution in [2.45, 2.75) is 39.0 Å². The third-order valence-electron chi connectivity index (χ3n) is 4.18. The van der Waals surface area contributed by atoms with Crippen LogP contribution >= 0.6 is 22.9 Å². The van der Waals surface area contributed by atoms with Gasteiger partial charge in [-0.25, -0.2) is 0 Å². The SMILES string of the molecule is CCCCn1c2c(s/c1=N\C(=O)c1cc(Cl)ccc1OC)C(O)COC2. The molecule has 1 aliphatic heterocycles. The topological polar surface area (TPSA) is 73.1 Å². The predicted octanol–water partition coefficient (Wildman–Crippen LogP) is 3.32. The average Bonchev–Trinajstić information content (AvgIpc) is 2.98. The summed E-state index contributed by atoms with van der Waals surface area (Å²) in [7, 11) is 1.50. The van der Waals surface area contributed by atoms with E-state index in [2.05, 4.69) is 11.9 Å². The number of rotatable bonds is 5. The molecule has 1 aromatic heterocycles. The molecule has 0 bridgehead atoms. The number of aliphatic hydroxyl groups is 1. The summed E-state index contributed by atoms with van der Waals surface area (Å²) in [6.45, 7) is 3.49. The molecule has 1 N–H and O–H groups in total.